The highest BCUT2D eigenvalue weighted by molar-refractivity contribution is 6.31. The van der Waals surface area contributed by atoms with Gasteiger partial charge in [0.2, 0.25) is 6.29 Å². The SMILES string of the molecule is CC(OC(=O)[C@@H](NC(=O)OC(C)(C)C)C(C)C)OC(=O)N(C)C1(c2ccccc2Cl)CCCCC1=O. The molecule has 0 aromatic heterocycles. The van der Waals surface area contributed by atoms with Gasteiger partial charge in [-0.25, -0.2) is 14.4 Å². The number of Topliss-reactive ketones (excluding diaryl/α,β-unsaturated/α-hetero) is 1. The lowest BCUT2D eigenvalue weighted by Gasteiger charge is -2.43. The van der Waals surface area contributed by atoms with Crippen molar-refractivity contribution < 1.29 is 33.4 Å². The van der Waals surface area contributed by atoms with Crippen molar-refractivity contribution in [3.05, 3.63) is 34.9 Å². The Morgan fingerprint density at radius 2 is 1.72 bits per heavy atom. The fraction of sp³-hybridized carbons (Fsp3) is 0.615. The Bertz CT molecular complexity index is 975. The summed E-state index contributed by atoms with van der Waals surface area (Å²) in [6.45, 7) is 9.98. The molecule has 10 heteroatoms. The number of halogens is 1. The number of carbonyl (C=O) groups excluding carboxylic acids is 4. The molecule has 2 rings (SSSR count). The number of rotatable bonds is 7. The molecule has 1 aromatic carbocycles. The number of benzene rings is 1. The molecule has 36 heavy (non-hydrogen) atoms. The molecule has 3 atom stereocenters. The monoisotopic (exact) mass is 524 g/mol. The van der Waals surface area contributed by atoms with Crippen LogP contribution in [-0.4, -0.2) is 53.8 Å². The first-order valence-corrected chi connectivity index (χ1v) is 12.5. The number of alkyl carbamates (subject to hydrolysis) is 1. The van der Waals surface area contributed by atoms with Crippen LogP contribution in [0.5, 0.6) is 0 Å². The zero-order chi connectivity index (χ0) is 27.3. The smallest absolute Gasteiger partial charge is 0.413 e. The number of nitrogens with zero attached hydrogens (tertiary/aromatic N) is 1. The molecule has 1 aliphatic rings. The lowest BCUT2D eigenvalue weighted by Crippen LogP contribution is -2.55. The summed E-state index contributed by atoms with van der Waals surface area (Å²) in [6.07, 6.45) is -0.734. The van der Waals surface area contributed by atoms with Crippen LogP contribution in [0, 0.1) is 5.92 Å². The highest BCUT2D eigenvalue weighted by Crippen LogP contribution is 2.42. The van der Waals surface area contributed by atoms with Crippen LogP contribution in [0.3, 0.4) is 0 Å². The van der Waals surface area contributed by atoms with E-state index in [0.29, 0.717) is 23.4 Å². The summed E-state index contributed by atoms with van der Waals surface area (Å²) in [5.41, 5.74) is -1.49. The minimum Gasteiger partial charge on any atom is -0.444 e. The molecule has 0 heterocycles. The van der Waals surface area contributed by atoms with E-state index < -0.39 is 41.6 Å². The van der Waals surface area contributed by atoms with Crippen LogP contribution in [0.2, 0.25) is 5.02 Å². The number of esters is 1. The van der Waals surface area contributed by atoms with Gasteiger partial charge >= 0.3 is 18.2 Å². The zero-order valence-corrected chi connectivity index (χ0v) is 22.8. The number of nitrogens with one attached hydrogen (secondary N) is 1. The van der Waals surface area contributed by atoms with E-state index in [4.69, 9.17) is 25.8 Å². The molecule has 0 bridgehead atoms. The summed E-state index contributed by atoms with van der Waals surface area (Å²) >= 11 is 6.44. The summed E-state index contributed by atoms with van der Waals surface area (Å²) in [5, 5.41) is 2.87. The van der Waals surface area contributed by atoms with Crippen molar-refractivity contribution >= 4 is 35.5 Å². The Morgan fingerprint density at radius 3 is 2.28 bits per heavy atom. The number of carbonyl (C=O) groups is 4. The third-order valence-corrected chi connectivity index (χ3v) is 6.29. The maximum Gasteiger partial charge on any atom is 0.413 e. The fourth-order valence-electron chi connectivity index (χ4n) is 4.20. The molecule has 0 aliphatic heterocycles. The van der Waals surface area contributed by atoms with E-state index >= 15 is 0 Å². The Morgan fingerprint density at radius 1 is 1.08 bits per heavy atom. The van der Waals surface area contributed by atoms with Crippen molar-refractivity contribution in [2.24, 2.45) is 5.92 Å². The molecule has 0 radical (unpaired) electrons. The molecule has 1 aromatic rings. The maximum absolute atomic E-state index is 13.2. The molecule has 9 nitrogen and oxygen atoms in total. The highest BCUT2D eigenvalue weighted by Gasteiger charge is 2.49. The second kappa shape index (κ2) is 12.0. The van der Waals surface area contributed by atoms with Gasteiger partial charge in [-0.2, -0.15) is 0 Å². The molecular formula is C26H37ClN2O7. The molecule has 2 amide bonds. The van der Waals surface area contributed by atoms with E-state index in [2.05, 4.69) is 5.32 Å². The van der Waals surface area contributed by atoms with Gasteiger partial charge in [0.1, 0.15) is 17.2 Å². The quantitative estimate of drug-likeness (QED) is 0.386. The van der Waals surface area contributed by atoms with E-state index in [1.165, 1.54) is 18.9 Å². The number of ketones is 1. The second-order valence-electron chi connectivity index (χ2n) is 10.3. The molecule has 0 spiro atoms. The molecule has 1 N–H and O–H groups in total. The lowest BCUT2D eigenvalue weighted by molar-refractivity contribution is -0.171. The predicted octanol–water partition coefficient (Wildman–Crippen LogP) is 5.19. The van der Waals surface area contributed by atoms with E-state index in [1.54, 1.807) is 58.9 Å². The molecule has 200 valence electrons. The Labute approximate surface area is 217 Å². The highest BCUT2D eigenvalue weighted by atomic mass is 35.5. The van der Waals surface area contributed by atoms with Gasteiger partial charge < -0.3 is 19.5 Å². The Kier molecular flexibility index (Phi) is 9.77. The molecule has 1 aliphatic carbocycles. The van der Waals surface area contributed by atoms with Gasteiger partial charge in [0.15, 0.2) is 5.78 Å². The third kappa shape index (κ3) is 7.12. The van der Waals surface area contributed by atoms with Crippen molar-refractivity contribution in [1.29, 1.82) is 0 Å². The number of ether oxygens (including phenoxy) is 3. The first kappa shape index (κ1) is 29.4. The van der Waals surface area contributed by atoms with Crippen LogP contribution in [0.15, 0.2) is 24.3 Å². The standard InChI is InChI=1S/C26H37ClN2O7/c1-16(2)21(28-23(32)36-25(4,5)6)22(31)34-17(3)35-24(33)29(7)26(15-11-10-14-20(26)30)18-12-8-9-13-19(18)27/h8-9,12-13,16-17,21H,10-11,14-15H2,1-7H3,(H,28,32)/t17?,21-,26?/m0/s1. The first-order chi connectivity index (χ1) is 16.7. The summed E-state index contributed by atoms with van der Waals surface area (Å²) < 4.78 is 15.9. The Balaban J connectivity index is 2.14. The van der Waals surface area contributed by atoms with Crippen LogP contribution in [-0.2, 0) is 29.3 Å². The first-order valence-electron chi connectivity index (χ1n) is 12.1. The van der Waals surface area contributed by atoms with Gasteiger partial charge in [0, 0.05) is 31.0 Å². The van der Waals surface area contributed by atoms with Gasteiger partial charge in [-0.3, -0.25) is 9.69 Å². The van der Waals surface area contributed by atoms with Crippen LogP contribution in [0.25, 0.3) is 0 Å². The van der Waals surface area contributed by atoms with Gasteiger partial charge in [-0.05, 0) is 52.0 Å². The van der Waals surface area contributed by atoms with Crippen molar-refractivity contribution in [3.8, 4) is 0 Å². The van der Waals surface area contributed by atoms with Crippen LogP contribution < -0.4 is 5.32 Å². The molecule has 1 saturated carbocycles. The van der Waals surface area contributed by atoms with Gasteiger partial charge in [0.05, 0.1) is 0 Å². The summed E-state index contributed by atoms with van der Waals surface area (Å²) in [6, 6.07) is 5.90. The van der Waals surface area contributed by atoms with E-state index in [0.717, 1.165) is 12.8 Å². The van der Waals surface area contributed by atoms with Gasteiger partial charge in [0.25, 0.3) is 0 Å². The summed E-state index contributed by atoms with van der Waals surface area (Å²) in [7, 11) is 1.48. The maximum atomic E-state index is 13.2. The van der Waals surface area contributed by atoms with E-state index in [1.807, 2.05) is 0 Å². The number of hydrogen-bond acceptors (Lipinski definition) is 7. The van der Waals surface area contributed by atoms with Gasteiger partial charge in [-0.1, -0.05) is 43.6 Å². The second-order valence-corrected chi connectivity index (χ2v) is 10.7. The number of likely N-dealkylation sites (N-methyl/N-ethyl adjacent to an activating group) is 1. The topological polar surface area (TPSA) is 111 Å². The molecule has 2 unspecified atom stereocenters. The fourth-order valence-corrected chi connectivity index (χ4v) is 4.49. The minimum absolute atomic E-state index is 0.132. The van der Waals surface area contributed by atoms with Crippen LogP contribution in [0.4, 0.5) is 9.59 Å². The summed E-state index contributed by atoms with van der Waals surface area (Å²) in [4.78, 5) is 52.5. The third-order valence-electron chi connectivity index (χ3n) is 5.96. The number of amides is 2. The largest absolute Gasteiger partial charge is 0.444 e. The van der Waals surface area contributed by atoms with Gasteiger partial charge in [-0.15, -0.1) is 0 Å². The average Bonchev–Trinajstić information content (AvgIpc) is 2.76. The summed E-state index contributed by atoms with van der Waals surface area (Å²) in [5.74, 6) is -1.24. The molecule has 0 saturated heterocycles. The van der Waals surface area contributed by atoms with E-state index in [9.17, 15) is 19.2 Å². The zero-order valence-electron chi connectivity index (χ0n) is 22.1. The van der Waals surface area contributed by atoms with Crippen molar-refractivity contribution in [3.63, 3.8) is 0 Å². The van der Waals surface area contributed by atoms with Crippen molar-refractivity contribution in [1.82, 2.24) is 10.2 Å². The molecular weight excluding hydrogens is 488 g/mol. The number of hydrogen-bond donors (Lipinski definition) is 1. The van der Waals surface area contributed by atoms with E-state index in [-0.39, 0.29) is 11.7 Å². The minimum atomic E-state index is -1.28. The Hall–Kier alpha value is -2.81. The van der Waals surface area contributed by atoms with Crippen molar-refractivity contribution in [2.75, 3.05) is 7.05 Å². The molecule has 1 fully saturated rings. The average molecular weight is 525 g/mol. The normalized spacial score (nSPS) is 19.8. The predicted molar refractivity (Wildman–Crippen MR) is 134 cm³/mol. The van der Waals surface area contributed by atoms with Crippen LogP contribution >= 0.6 is 11.6 Å². The van der Waals surface area contributed by atoms with Crippen LogP contribution in [0.1, 0.15) is 72.8 Å². The van der Waals surface area contributed by atoms with Crippen molar-refractivity contribution in [2.45, 2.75) is 90.7 Å². The lowest BCUT2D eigenvalue weighted by atomic mass is 9.74.